The highest BCUT2D eigenvalue weighted by Gasteiger charge is 2.31. The van der Waals surface area contributed by atoms with E-state index >= 15 is 0 Å². The summed E-state index contributed by atoms with van der Waals surface area (Å²) < 4.78 is 10.9. The Bertz CT molecular complexity index is 1110. The number of hydrogen-bond donors (Lipinski definition) is 0. The van der Waals surface area contributed by atoms with Crippen LogP contribution in [0.15, 0.2) is 66.9 Å². The van der Waals surface area contributed by atoms with Crippen LogP contribution >= 0.6 is 0 Å². The quantitative estimate of drug-likeness (QED) is 0.499. The molecule has 1 fully saturated rings. The molecule has 1 amide bonds. The van der Waals surface area contributed by atoms with Crippen LogP contribution in [-0.2, 0) is 14.3 Å². The average Bonchev–Trinajstić information content (AvgIpc) is 2.88. The number of nitrogens with zero attached hydrogens (tertiary/aromatic N) is 4. The number of esters is 1. The molecule has 2 heterocycles. The molecule has 1 aliphatic rings. The van der Waals surface area contributed by atoms with Gasteiger partial charge in [-0.2, -0.15) is 0 Å². The summed E-state index contributed by atoms with van der Waals surface area (Å²) in [7, 11) is 0. The van der Waals surface area contributed by atoms with Gasteiger partial charge < -0.3 is 19.3 Å². The lowest BCUT2D eigenvalue weighted by Crippen LogP contribution is -2.50. The second-order valence-corrected chi connectivity index (χ2v) is 7.91. The van der Waals surface area contributed by atoms with Gasteiger partial charge in [-0.05, 0) is 37.3 Å². The number of aromatic nitrogens is 2. The molecular formula is C26H28N4O4. The van der Waals surface area contributed by atoms with Crippen molar-refractivity contribution in [3.05, 3.63) is 72.4 Å². The van der Waals surface area contributed by atoms with E-state index < -0.39 is 12.1 Å². The Morgan fingerprint density at radius 3 is 2.32 bits per heavy atom. The van der Waals surface area contributed by atoms with Gasteiger partial charge in [-0.1, -0.05) is 30.3 Å². The molecule has 1 aliphatic heterocycles. The fraction of sp³-hybridized carbons (Fsp3) is 0.308. The van der Waals surface area contributed by atoms with Crippen LogP contribution in [0.2, 0.25) is 0 Å². The van der Waals surface area contributed by atoms with Crippen molar-refractivity contribution in [1.82, 2.24) is 14.9 Å². The molecule has 1 saturated heterocycles. The molecule has 1 aromatic heterocycles. The van der Waals surface area contributed by atoms with E-state index in [1.54, 1.807) is 23.2 Å². The molecule has 0 bridgehead atoms. The van der Waals surface area contributed by atoms with Crippen molar-refractivity contribution in [3.63, 3.8) is 0 Å². The Morgan fingerprint density at radius 2 is 1.68 bits per heavy atom. The molecule has 8 nitrogen and oxygen atoms in total. The molecule has 1 unspecified atom stereocenters. The number of ether oxygens (including phenoxy) is 2. The Labute approximate surface area is 199 Å². The number of rotatable bonds is 7. The third-order valence-corrected chi connectivity index (χ3v) is 5.59. The molecule has 0 spiro atoms. The molecule has 34 heavy (non-hydrogen) atoms. The first kappa shape index (κ1) is 23.2. The predicted octanol–water partition coefficient (Wildman–Crippen LogP) is 3.50. The summed E-state index contributed by atoms with van der Waals surface area (Å²) in [5, 5.41) is 0. The van der Waals surface area contributed by atoms with Crippen LogP contribution < -0.4 is 9.64 Å². The first-order valence-corrected chi connectivity index (χ1v) is 11.4. The number of anilines is 1. The number of amides is 1. The van der Waals surface area contributed by atoms with E-state index in [2.05, 4.69) is 9.88 Å². The van der Waals surface area contributed by atoms with E-state index in [9.17, 15) is 9.59 Å². The molecule has 2 aromatic carbocycles. The van der Waals surface area contributed by atoms with Gasteiger partial charge in [0.05, 0.1) is 12.3 Å². The zero-order valence-corrected chi connectivity index (χ0v) is 19.4. The first-order valence-electron chi connectivity index (χ1n) is 11.4. The molecule has 0 radical (unpaired) electrons. The Kier molecular flexibility index (Phi) is 7.37. The van der Waals surface area contributed by atoms with Gasteiger partial charge in [0.2, 0.25) is 12.1 Å². The molecule has 0 saturated carbocycles. The van der Waals surface area contributed by atoms with Gasteiger partial charge in [0.15, 0.2) is 0 Å². The van der Waals surface area contributed by atoms with Crippen LogP contribution in [0.3, 0.4) is 0 Å². The number of piperazine rings is 1. The second kappa shape index (κ2) is 10.8. The zero-order valence-electron chi connectivity index (χ0n) is 19.4. The first-order chi connectivity index (χ1) is 16.5. The molecule has 3 aromatic rings. The highest BCUT2D eigenvalue weighted by Crippen LogP contribution is 2.24. The van der Waals surface area contributed by atoms with Gasteiger partial charge in [-0.25, -0.2) is 9.97 Å². The zero-order chi connectivity index (χ0) is 23.9. The third kappa shape index (κ3) is 5.51. The lowest BCUT2D eigenvalue weighted by molar-refractivity contribution is -0.159. The summed E-state index contributed by atoms with van der Waals surface area (Å²) in [5.74, 6) is 0.743. The monoisotopic (exact) mass is 460 g/mol. The maximum atomic E-state index is 13.2. The van der Waals surface area contributed by atoms with Gasteiger partial charge in [0.25, 0.3) is 5.91 Å². The molecule has 176 valence electrons. The third-order valence-electron chi connectivity index (χ3n) is 5.59. The maximum Gasteiger partial charge on any atom is 0.303 e. The molecule has 4 rings (SSSR count). The minimum Gasteiger partial charge on any atom is -0.494 e. The number of hydrogen-bond acceptors (Lipinski definition) is 7. The summed E-state index contributed by atoms with van der Waals surface area (Å²) in [6.45, 7) is 6.03. The summed E-state index contributed by atoms with van der Waals surface area (Å²) in [4.78, 5) is 37.8. The highest BCUT2D eigenvalue weighted by molar-refractivity contribution is 5.85. The maximum absolute atomic E-state index is 13.2. The van der Waals surface area contributed by atoms with Crippen LogP contribution in [0.5, 0.6) is 5.75 Å². The SMILES string of the molecule is CCOc1ccc(-c2ccnc(N3CCN(C(=O)C(OC(C)=O)c4ccccc4)CC3)n2)cc1. The van der Waals surface area contributed by atoms with Crippen molar-refractivity contribution >= 4 is 17.8 Å². The molecule has 0 N–H and O–H groups in total. The minimum absolute atomic E-state index is 0.217. The molecular weight excluding hydrogens is 432 g/mol. The average molecular weight is 461 g/mol. The molecule has 1 atom stereocenters. The van der Waals surface area contributed by atoms with E-state index in [1.165, 1.54) is 6.92 Å². The van der Waals surface area contributed by atoms with Gasteiger partial charge >= 0.3 is 5.97 Å². The summed E-state index contributed by atoms with van der Waals surface area (Å²) in [5.41, 5.74) is 2.47. The van der Waals surface area contributed by atoms with Gasteiger partial charge in [-0.3, -0.25) is 9.59 Å². The fourth-order valence-corrected chi connectivity index (χ4v) is 3.90. The Hall–Kier alpha value is -3.94. The number of carbonyl (C=O) groups excluding carboxylic acids is 2. The van der Waals surface area contributed by atoms with E-state index in [0.717, 1.165) is 17.0 Å². The lowest BCUT2D eigenvalue weighted by Gasteiger charge is -2.36. The Morgan fingerprint density at radius 1 is 0.971 bits per heavy atom. The summed E-state index contributed by atoms with van der Waals surface area (Å²) >= 11 is 0. The minimum atomic E-state index is -0.940. The van der Waals surface area contributed by atoms with E-state index in [0.29, 0.717) is 44.3 Å². The van der Waals surface area contributed by atoms with Gasteiger partial charge in [0, 0.05) is 50.4 Å². The predicted molar refractivity (Wildman–Crippen MR) is 128 cm³/mol. The largest absolute Gasteiger partial charge is 0.494 e. The van der Waals surface area contributed by atoms with Crippen molar-refractivity contribution in [3.8, 4) is 17.0 Å². The van der Waals surface area contributed by atoms with Gasteiger partial charge in [0.1, 0.15) is 5.75 Å². The standard InChI is InChI=1S/C26H28N4O4/c1-3-33-22-11-9-20(10-12-22)23-13-14-27-26(28-23)30-17-15-29(16-18-30)25(32)24(34-19(2)31)21-7-5-4-6-8-21/h4-14,24H,3,15-18H2,1-2H3. The second-order valence-electron chi connectivity index (χ2n) is 7.91. The van der Waals surface area contributed by atoms with Crippen LogP contribution in [0.4, 0.5) is 5.95 Å². The van der Waals surface area contributed by atoms with Crippen LogP contribution in [0.25, 0.3) is 11.3 Å². The smallest absolute Gasteiger partial charge is 0.303 e. The van der Waals surface area contributed by atoms with Crippen molar-refractivity contribution in [2.75, 3.05) is 37.7 Å². The van der Waals surface area contributed by atoms with Crippen molar-refractivity contribution < 1.29 is 19.1 Å². The topological polar surface area (TPSA) is 84.9 Å². The normalized spacial score (nSPS) is 14.4. The van der Waals surface area contributed by atoms with E-state index in [-0.39, 0.29) is 5.91 Å². The van der Waals surface area contributed by atoms with E-state index in [4.69, 9.17) is 14.5 Å². The molecule has 8 heteroatoms. The van der Waals surface area contributed by atoms with Crippen molar-refractivity contribution in [1.29, 1.82) is 0 Å². The number of carbonyl (C=O) groups is 2. The van der Waals surface area contributed by atoms with Crippen LogP contribution in [-0.4, -0.2) is 59.5 Å². The summed E-state index contributed by atoms with van der Waals surface area (Å²) in [6.07, 6.45) is 0.808. The lowest BCUT2D eigenvalue weighted by atomic mass is 10.1. The Balaban J connectivity index is 1.42. The summed E-state index contributed by atoms with van der Waals surface area (Å²) in [6, 6.07) is 18.8. The van der Waals surface area contributed by atoms with Crippen LogP contribution in [0.1, 0.15) is 25.5 Å². The van der Waals surface area contributed by atoms with Gasteiger partial charge in [-0.15, -0.1) is 0 Å². The fourth-order valence-electron chi connectivity index (χ4n) is 3.90. The number of benzene rings is 2. The molecule has 0 aliphatic carbocycles. The highest BCUT2D eigenvalue weighted by atomic mass is 16.5. The van der Waals surface area contributed by atoms with Crippen LogP contribution in [0, 0.1) is 0 Å². The van der Waals surface area contributed by atoms with E-state index in [1.807, 2.05) is 55.5 Å². The van der Waals surface area contributed by atoms with Crippen molar-refractivity contribution in [2.24, 2.45) is 0 Å². The van der Waals surface area contributed by atoms with Crippen molar-refractivity contribution in [2.45, 2.75) is 20.0 Å².